The van der Waals surface area contributed by atoms with E-state index >= 15 is 0 Å². The zero-order valence-corrected chi connectivity index (χ0v) is 9.50. The molecule has 1 aliphatic carbocycles. The molecule has 1 aliphatic rings. The highest BCUT2D eigenvalue weighted by atomic mass is 35.5. The number of pyridine rings is 1. The normalized spacial score (nSPS) is 25.2. The Kier molecular flexibility index (Phi) is 3.31. The molecule has 0 aromatic carbocycles. The minimum Gasteiger partial charge on any atom is -0.481 e. The van der Waals surface area contributed by atoms with Crippen molar-refractivity contribution < 1.29 is 4.74 Å². The number of rotatable bonds is 3. The maximum atomic E-state index is 6.18. The first-order valence-corrected chi connectivity index (χ1v) is 5.65. The summed E-state index contributed by atoms with van der Waals surface area (Å²) in [5.41, 5.74) is 0. The van der Waals surface area contributed by atoms with Crippen LogP contribution in [0, 0.1) is 0 Å². The standard InChI is InChI=1S/C11H15ClN2O/c1-15-11-7-3-6-10(14-11)13-9-5-2-4-8(9)12/h3,6-9H,2,4-5H2,1H3,(H,13,14). The van der Waals surface area contributed by atoms with E-state index in [-0.39, 0.29) is 5.38 Å². The van der Waals surface area contributed by atoms with Crippen LogP contribution in [0.15, 0.2) is 18.2 Å². The predicted octanol–water partition coefficient (Wildman–Crippen LogP) is 2.66. The van der Waals surface area contributed by atoms with Gasteiger partial charge in [0.2, 0.25) is 5.88 Å². The molecule has 1 fully saturated rings. The lowest BCUT2D eigenvalue weighted by molar-refractivity contribution is 0.398. The second-order valence-corrected chi connectivity index (χ2v) is 4.32. The fourth-order valence-electron chi connectivity index (χ4n) is 1.88. The van der Waals surface area contributed by atoms with Gasteiger partial charge in [-0.05, 0) is 25.3 Å². The van der Waals surface area contributed by atoms with Gasteiger partial charge >= 0.3 is 0 Å². The van der Waals surface area contributed by atoms with Crippen molar-refractivity contribution in [1.29, 1.82) is 0 Å². The van der Waals surface area contributed by atoms with E-state index in [2.05, 4.69) is 10.3 Å². The smallest absolute Gasteiger partial charge is 0.214 e. The van der Waals surface area contributed by atoms with Gasteiger partial charge in [0.15, 0.2) is 0 Å². The molecule has 1 saturated carbocycles. The van der Waals surface area contributed by atoms with Gasteiger partial charge in [-0.2, -0.15) is 4.98 Å². The summed E-state index contributed by atoms with van der Waals surface area (Å²) >= 11 is 6.18. The average Bonchev–Trinajstić information content (AvgIpc) is 2.65. The van der Waals surface area contributed by atoms with Crippen molar-refractivity contribution in [2.24, 2.45) is 0 Å². The number of nitrogens with one attached hydrogen (secondary N) is 1. The summed E-state index contributed by atoms with van der Waals surface area (Å²) in [5.74, 6) is 1.47. The highest BCUT2D eigenvalue weighted by Gasteiger charge is 2.25. The second-order valence-electron chi connectivity index (χ2n) is 3.76. The van der Waals surface area contributed by atoms with Gasteiger partial charge in [0.05, 0.1) is 12.5 Å². The Morgan fingerprint density at radius 3 is 3.00 bits per heavy atom. The topological polar surface area (TPSA) is 34.1 Å². The van der Waals surface area contributed by atoms with E-state index < -0.39 is 0 Å². The Balaban J connectivity index is 2.03. The van der Waals surface area contributed by atoms with E-state index in [1.807, 2.05) is 18.2 Å². The molecule has 0 saturated heterocycles. The van der Waals surface area contributed by atoms with Gasteiger partial charge in [0.1, 0.15) is 5.82 Å². The van der Waals surface area contributed by atoms with Gasteiger partial charge in [-0.3, -0.25) is 0 Å². The van der Waals surface area contributed by atoms with Crippen LogP contribution in [0.1, 0.15) is 19.3 Å². The minimum atomic E-state index is 0.220. The van der Waals surface area contributed by atoms with Crippen LogP contribution < -0.4 is 10.1 Å². The number of alkyl halides is 1. The SMILES string of the molecule is COc1cccc(NC2CCCC2Cl)n1. The Hall–Kier alpha value is -0.960. The molecule has 1 aromatic rings. The van der Waals surface area contributed by atoms with Gasteiger partial charge in [-0.1, -0.05) is 6.07 Å². The molecule has 1 heterocycles. The van der Waals surface area contributed by atoms with Crippen LogP contribution in [0.5, 0.6) is 5.88 Å². The number of ether oxygens (including phenoxy) is 1. The molecule has 82 valence electrons. The molecule has 4 heteroatoms. The number of hydrogen-bond acceptors (Lipinski definition) is 3. The molecule has 1 N–H and O–H groups in total. The van der Waals surface area contributed by atoms with Gasteiger partial charge in [-0.15, -0.1) is 11.6 Å². The summed E-state index contributed by atoms with van der Waals surface area (Å²) in [4.78, 5) is 4.30. The van der Waals surface area contributed by atoms with E-state index in [0.29, 0.717) is 11.9 Å². The van der Waals surface area contributed by atoms with E-state index in [1.165, 1.54) is 6.42 Å². The lowest BCUT2D eigenvalue weighted by Crippen LogP contribution is -2.24. The fourth-order valence-corrected chi connectivity index (χ4v) is 2.22. The fraction of sp³-hybridized carbons (Fsp3) is 0.545. The second kappa shape index (κ2) is 4.71. The lowest BCUT2D eigenvalue weighted by Gasteiger charge is -2.16. The number of methoxy groups -OCH3 is 1. The maximum absolute atomic E-state index is 6.18. The van der Waals surface area contributed by atoms with Crippen LogP contribution in [-0.2, 0) is 0 Å². The largest absolute Gasteiger partial charge is 0.481 e. The molecule has 2 unspecified atom stereocenters. The van der Waals surface area contributed by atoms with Crippen LogP contribution in [-0.4, -0.2) is 23.5 Å². The Morgan fingerprint density at radius 1 is 1.47 bits per heavy atom. The van der Waals surface area contributed by atoms with Crippen LogP contribution in [0.2, 0.25) is 0 Å². The Morgan fingerprint density at radius 2 is 2.33 bits per heavy atom. The van der Waals surface area contributed by atoms with Crippen molar-refractivity contribution in [3.63, 3.8) is 0 Å². The number of nitrogens with zero attached hydrogens (tertiary/aromatic N) is 1. The molecule has 2 rings (SSSR count). The van der Waals surface area contributed by atoms with Crippen molar-refractivity contribution in [2.45, 2.75) is 30.7 Å². The zero-order valence-electron chi connectivity index (χ0n) is 8.74. The lowest BCUT2D eigenvalue weighted by atomic mass is 10.2. The molecule has 0 radical (unpaired) electrons. The first-order chi connectivity index (χ1) is 7.29. The van der Waals surface area contributed by atoms with Crippen molar-refractivity contribution in [1.82, 2.24) is 4.98 Å². The number of anilines is 1. The van der Waals surface area contributed by atoms with E-state index in [0.717, 1.165) is 18.7 Å². The van der Waals surface area contributed by atoms with Crippen molar-refractivity contribution in [3.8, 4) is 5.88 Å². The molecule has 0 amide bonds. The summed E-state index contributed by atoms with van der Waals surface area (Å²) < 4.78 is 5.06. The monoisotopic (exact) mass is 226 g/mol. The Bertz CT molecular complexity index is 332. The van der Waals surface area contributed by atoms with Crippen molar-refractivity contribution in [3.05, 3.63) is 18.2 Å². The summed E-state index contributed by atoms with van der Waals surface area (Å²) in [5, 5.41) is 3.56. The van der Waals surface area contributed by atoms with Crippen LogP contribution in [0.3, 0.4) is 0 Å². The summed E-state index contributed by atoms with van der Waals surface area (Å²) in [6.07, 6.45) is 3.39. The molecule has 0 spiro atoms. The summed E-state index contributed by atoms with van der Waals surface area (Å²) in [6.45, 7) is 0. The highest BCUT2D eigenvalue weighted by molar-refractivity contribution is 6.21. The van der Waals surface area contributed by atoms with E-state index in [9.17, 15) is 0 Å². The highest BCUT2D eigenvalue weighted by Crippen LogP contribution is 2.26. The van der Waals surface area contributed by atoms with Crippen LogP contribution in [0.25, 0.3) is 0 Å². The number of halogens is 1. The predicted molar refractivity (Wildman–Crippen MR) is 61.7 cm³/mol. The van der Waals surface area contributed by atoms with Gasteiger partial charge in [-0.25, -0.2) is 0 Å². The van der Waals surface area contributed by atoms with E-state index in [1.54, 1.807) is 7.11 Å². The average molecular weight is 227 g/mol. The van der Waals surface area contributed by atoms with Crippen molar-refractivity contribution in [2.75, 3.05) is 12.4 Å². The number of hydrogen-bond donors (Lipinski definition) is 1. The minimum absolute atomic E-state index is 0.220. The van der Waals surface area contributed by atoms with E-state index in [4.69, 9.17) is 16.3 Å². The third-order valence-electron chi connectivity index (χ3n) is 2.70. The molecular weight excluding hydrogens is 212 g/mol. The summed E-state index contributed by atoms with van der Waals surface area (Å²) in [7, 11) is 1.62. The molecule has 0 aliphatic heterocycles. The molecule has 2 atom stereocenters. The van der Waals surface area contributed by atoms with Gasteiger partial charge < -0.3 is 10.1 Å². The first-order valence-electron chi connectivity index (χ1n) is 5.21. The third kappa shape index (κ3) is 2.53. The molecule has 3 nitrogen and oxygen atoms in total. The third-order valence-corrected chi connectivity index (χ3v) is 3.22. The zero-order chi connectivity index (χ0) is 10.7. The molecule has 1 aromatic heterocycles. The summed E-state index contributed by atoms with van der Waals surface area (Å²) in [6, 6.07) is 6.03. The Labute approximate surface area is 94.8 Å². The molecule has 0 bridgehead atoms. The van der Waals surface area contributed by atoms with Gasteiger partial charge in [0.25, 0.3) is 0 Å². The first kappa shape index (κ1) is 10.6. The van der Waals surface area contributed by atoms with Crippen LogP contribution >= 0.6 is 11.6 Å². The van der Waals surface area contributed by atoms with Gasteiger partial charge in [0, 0.05) is 12.1 Å². The molecule has 15 heavy (non-hydrogen) atoms. The van der Waals surface area contributed by atoms with Crippen LogP contribution in [0.4, 0.5) is 5.82 Å². The number of aromatic nitrogens is 1. The maximum Gasteiger partial charge on any atom is 0.214 e. The quantitative estimate of drug-likeness (QED) is 0.805. The van der Waals surface area contributed by atoms with Crippen molar-refractivity contribution >= 4 is 17.4 Å². The molecular formula is C11H15ClN2O.